The van der Waals surface area contributed by atoms with E-state index in [2.05, 4.69) is 26.9 Å². The van der Waals surface area contributed by atoms with Gasteiger partial charge in [0.25, 0.3) is 0 Å². The lowest BCUT2D eigenvalue weighted by atomic mass is 10.1. The average Bonchev–Trinajstić information content (AvgIpc) is 3.19. The zero-order valence-electron chi connectivity index (χ0n) is 10.3. The molecule has 18 heavy (non-hydrogen) atoms. The van der Waals surface area contributed by atoms with Gasteiger partial charge in [0.05, 0.1) is 5.69 Å². The molecule has 2 saturated carbocycles. The number of nitrogens with one attached hydrogen (secondary N) is 1. The third-order valence-corrected chi connectivity index (χ3v) is 4.34. The number of anilines is 1. The summed E-state index contributed by atoms with van der Waals surface area (Å²) in [5, 5.41) is 7.47. The lowest BCUT2D eigenvalue weighted by molar-refractivity contribution is 0.717. The molecule has 4 heteroatoms. The van der Waals surface area contributed by atoms with Crippen molar-refractivity contribution in [1.82, 2.24) is 0 Å². The number of hydrogen-bond donors (Lipinski definition) is 2. The second-order valence-corrected chi connectivity index (χ2v) is 6.26. The van der Waals surface area contributed by atoms with Gasteiger partial charge in [-0.25, -0.2) is 0 Å². The van der Waals surface area contributed by atoms with Gasteiger partial charge in [-0.05, 0) is 65.7 Å². The average molecular weight is 308 g/mol. The van der Waals surface area contributed by atoms with Crippen LogP contribution < -0.4 is 10.6 Å². The lowest BCUT2D eigenvalue weighted by Crippen LogP contribution is -2.28. The summed E-state index contributed by atoms with van der Waals surface area (Å²) in [6.07, 6.45) is 5.39. The largest absolute Gasteiger partial charge is 0.384 e. The Kier molecular flexibility index (Phi) is 3.06. The van der Waals surface area contributed by atoms with Crippen LogP contribution in [0.15, 0.2) is 22.7 Å². The quantitative estimate of drug-likeness (QED) is 0.648. The summed E-state index contributed by atoms with van der Waals surface area (Å²) in [6, 6.07) is 6.73. The molecule has 0 aromatic heterocycles. The van der Waals surface area contributed by atoms with Crippen LogP contribution >= 0.6 is 15.9 Å². The second kappa shape index (κ2) is 4.57. The topological polar surface area (TPSA) is 53.1 Å². The van der Waals surface area contributed by atoms with Crippen molar-refractivity contribution in [3.8, 4) is 0 Å². The molecule has 0 amide bonds. The second-order valence-electron chi connectivity index (χ2n) is 5.41. The lowest BCUT2D eigenvalue weighted by Gasteiger charge is -2.26. The van der Waals surface area contributed by atoms with E-state index < -0.39 is 0 Å². The summed E-state index contributed by atoms with van der Waals surface area (Å²) in [5.74, 6) is 1.02. The Bertz CT molecular complexity index is 478. The highest BCUT2D eigenvalue weighted by Gasteiger charge is 2.34. The number of halogens is 1. The fraction of sp³-hybridized carbons (Fsp3) is 0.500. The Morgan fingerprint density at radius 3 is 2.56 bits per heavy atom. The predicted molar refractivity (Wildman–Crippen MR) is 78.3 cm³/mol. The highest BCUT2D eigenvalue weighted by molar-refractivity contribution is 9.10. The smallest absolute Gasteiger partial charge is 0.122 e. The normalized spacial score (nSPS) is 18.7. The van der Waals surface area contributed by atoms with E-state index >= 15 is 0 Å². The number of rotatable bonds is 5. The summed E-state index contributed by atoms with van der Waals surface area (Å²) < 4.78 is 1.06. The van der Waals surface area contributed by atoms with Gasteiger partial charge >= 0.3 is 0 Å². The Balaban J connectivity index is 1.86. The Morgan fingerprint density at radius 1 is 1.33 bits per heavy atom. The number of nitrogens with two attached hydrogens (primary N) is 1. The molecule has 0 atom stereocenters. The van der Waals surface area contributed by atoms with Crippen LogP contribution in [0.5, 0.6) is 0 Å². The molecular formula is C14H18BrN3. The van der Waals surface area contributed by atoms with Gasteiger partial charge in [-0.1, -0.05) is 0 Å². The van der Waals surface area contributed by atoms with Gasteiger partial charge in [0.1, 0.15) is 5.84 Å². The van der Waals surface area contributed by atoms with E-state index in [0.29, 0.717) is 0 Å². The van der Waals surface area contributed by atoms with Crippen LogP contribution in [0.1, 0.15) is 31.2 Å². The van der Waals surface area contributed by atoms with Crippen molar-refractivity contribution in [2.45, 2.75) is 31.7 Å². The number of nitrogens with zero attached hydrogens (tertiary/aromatic N) is 1. The first-order chi connectivity index (χ1) is 8.65. The van der Waals surface area contributed by atoms with E-state index in [1.165, 1.54) is 37.9 Å². The molecule has 3 rings (SSSR count). The zero-order chi connectivity index (χ0) is 12.7. The monoisotopic (exact) mass is 307 g/mol. The van der Waals surface area contributed by atoms with Crippen molar-refractivity contribution in [3.05, 3.63) is 28.2 Å². The summed E-state index contributed by atoms with van der Waals surface area (Å²) in [4.78, 5) is 2.53. The van der Waals surface area contributed by atoms with Crippen molar-refractivity contribution in [2.75, 3.05) is 11.4 Å². The first-order valence-electron chi connectivity index (χ1n) is 6.55. The fourth-order valence-electron chi connectivity index (χ4n) is 2.32. The Hall–Kier alpha value is -1.03. The van der Waals surface area contributed by atoms with Crippen LogP contribution in [0, 0.1) is 11.3 Å². The first kappa shape index (κ1) is 12.0. The summed E-state index contributed by atoms with van der Waals surface area (Å²) in [7, 11) is 0. The van der Waals surface area contributed by atoms with Crippen LogP contribution in [0.25, 0.3) is 0 Å². The van der Waals surface area contributed by atoms with Crippen molar-refractivity contribution in [3.63, 3.8) is 0 Å². The SMILES string of the molecule is N=C(N)c1ccc(N(CC2CC2)C2CC2)c(Br)c1. The summed E-state index contributed by atoms with van der Waals surface area (Å²) in [5.41, 5.74) is 7.56. The number of benzene rings is 1. The zero-order valence-corrected chi connectivity index (χ0v) is 11.9. The molecule has 96 valence electrons. The molecule has 3 nitrogen and oxygen atoms in total. The highest BCUT2D eigenvalue weighted by Crippen LogP contribution is 2.40. The summed E-state index contributed by atoms with van der Waals surface area (Å²) in [6.45, 7) is 1.18. The van der Waals surface area contributed by atoms with E-state index in [-0.39, 0.29) is 5.84 Å². The predicted octanol–water partition coefficient (Wildman–Crippen LogP) is 3.11. The molecule has 0 aliphatic heterocycles. The maximum Gasteiger partial charge on any atom is 0.122 e. The molecule has 2 aliphatic carbocycles. The Morgan fingerprint density at radius 2 is 2.06 bits per heavy atom. The third-order valence-electron chi connectivity index (χ3n) is 3.71. The maximum atomic E-state index is 7.47. The van der Waals surface area contributed by atoms with Gasteiger partial charge in [-0.3, -0.25) is 5.41 Å². The maximum absolute atomic E-state index is 7.47. The van der Waals surface area contributed by atoms with Gasteiger partial charge in [0.2, 0.25) is 0 Å². The standard InChI is InChI=1S/C14H18BrN3/c15-12-7-10(14(16)17)3-6-13(12)18(11-4-5-11)8-9-1-2-9/h3,6-7,9,11H,1-2,4-5,8H2,(H3,16,17). The minimum absolute atomic E-state index is 0.127. The van der Waals surface area contributed by atoms with Gasteiger partial charge in [0.15, 0.2) is 0 Å². The highest BCUT2D eigenvalue weighted by atomic mass is 79.9. The van der Waals surface area contributed by atoms with Gasteiger partial charge in [0, 0.05) is 22.6 Å². The van der Waals surface area contributed by atoms with Crippen molar-refractivity contribution >= 4 is 27.5 Å². The molecule has 1 aromatic carbocycles. The van der Waals surface area contributed by atoms with Crippen molar-refractivity contribution in [1.29, 1.82) is 5.41 Å². The molecular weight excluding hydrogens is 290 g/mol. The molecule has 1 aromatic rings. The number of nitrogen functional groups attached to an aromatic ring is 1. The van der Waals surface area contributed by atoms with E-state index in [1.54, 1.807) is 0 Å². The van der Waals surface area contributed by atoms with Crippen LogP contribution in [0.4, 0.5) is 5.69 Å². The number of hydrogen-bond acceptors (Lipinski definition) is 2. The van der Waals surface area contributed by atoms with E-state index in [9.17, 15) is 0 Å². The van der Waals surface area contributed by atoms with E-state index in [1.807, 2.05) is 12.1 Å². The third kappa shape index (κ3) is 2.53. The van der Waals surface area contributed by atoms with Crippen LogP contribution in [-0.4, -0.2) is 18.4 Å². The number of amidine groups is 1. The fourth-order valence-corrected chi connectivity index (χ4v) is 2.92. The molecule has 0 saturated heterocycles. The first-order valence-corrected chi connectivity index (χ1v) is 7.35. The van der Waals surface area contributed by atoms with E-state index in [4.69, 9.17) is 11.1 Å². The van der Waals surface area contributed by atoms with Gasteiger partial charge in [-0.2, -0.15) is 0 Å². The summed E-state index contributed by atoms with van der Waals surface area (Å²) >= 11 is 3.63. The van der Waals surface area contributed by atoms with Crippen LogP contribution in [0.3, 0.4) is 0 Å². The molecule has 2 aliphatic rings. The van der Waals surface area contributed by atoms with Crippen molar-refractivity contribution in [2.24, 2.45) is 11.7 Å². The minimum atomic E-state index is 0.127. The molecule has 0 unspecified atom stereocenters. The Labute approximate surface area is 116 Å². The molecule has 0 radical (unpaired) electrons. The molecule has 0 heterocycles. The molecule has 3 N–H and O–H groups in total. The van der Waals surface area contributed by atoms with Gasteiger partial charge < -0.3 is 10.6 Å². The van der Waals surface area contributed by atoms with Crippen molar-refractivity contribution < 1.29 is 0 Å². The molecule has 0 spiro atoms. The molecule has 2 fully saturated rings. The van der Waals surface area contributed by atoms with Gasteiger partial charge in [-0.15, -0.1) is 0 Å². The van der Waals surface area contributed by atoms with Crippen LogP contribution in [0.2, 0.25) is 0 Å². The molecule has 0 bridgehead atoms. The van der Waals surface area contributed by atoms with Crippen LogP contribution in [-0.2, 0) is 0 Å². The minimum Gasteiger partial charge on any atom is -0.384 e. The van der Waals surface area contributed by atoms with E-state index in [0.717, 1.165) is 22.0 Å².